The number of ether oxygens (including phenoxy) is 1. The number of methoxy groups -OCH3 is 1. The summed E-state index contributed by atoms with van der Waals surface area (Å²) in [5.41, 5.74) is 4.92. The summed E-state index contributed by atoms with van der Waals surface area (Å²) in [6, 6.07) is -1.48. The standard InChI is InChI=1S/C18H34N4O4/c1-8-9-10-14(26-7)12(4)16(23)21-15(11(2)3)18(25)20-13(5)17(24)22-19-6/h8,11-15,19H,1,9-10H2,2-7H3,(H,20,25)(H,21,23)(H,22,24)/t12-,13+,14-,15+/m1/s1. The molecule has 0 saturated carbocycles. The molecule has 0 rings (SSSR count). The molecule has 0 spiro atoms. The highest BCUT2D eigenvalue weighted by Crippen LogP contribution is 2.14. The molecule has 0 aliphatic heterocycles. The van der Waals surface area contributed by atoms with Crippen molar-refractivity contribution in [3.8, 4) is 0 Å². The van der Waals surface area contributed by atoms with Crippen LogP contribution in [-0.4, -0.2) is 50.1 Å². The van der Waals surface area contributed by atoms with Crippen LogP contribution >= 0.6 is 0 Å². The molecule has 0 fully saturated rings. The van der Waals surface area contributed by atoms with Crippen molar-refractivity contribution in [3.63, 3.8) is 0 Å². The molecule has 3 amide bonds. The van der Waals surface area contributed by atoms with Gasteiger partial charge in [-0.1, -0.05) is 26.8 Å². The van der Waals surface area contributed by atoms with Crippen LogP contribution < -0.4 is 21.5 Å². The molecule has 4 N–H and O–H groups in total. The van der Waals surface area contributed by atoms with Crippen LogP contribution in [0.2, 0.25) is 0 Å². The van der Waals surface area contributed by atoms with Crippen LogP contribution in [0, 0.1) is 11.8 Å². The van der Waals surface area contributed by atoms with Crippen molar-refractivity contribution < 1.29 is 19.1 Å². The van der Waals surface area contributed by atoms with Gasteiger partial charge in [-0.15, -0.1) is 6.58 Å². The molecular weight excluding hydrogens is 336 g/mol. The van der Waals surface area contributed by atoms with E-state index >= 15 is 0 Å². The van der Waals surface area contributed by atoms with E-state index in [1.807, 2.05) is 13.8 Å². The van der Waals surface area contributed by atoms with Gasteiger partial charge in [-0.3, -0.25) is 19.8 Å². The fourth-order valence-corrected chi connectivity index (χ4v) is 2.44. The lowest BCUT2D eigenvalue weighted by Crippen LogP contribution is -2.56. The zero-order valence-electron chi connectivity index (χ0n) is 16.7. The summed E-state index contributed by atoms with van der Waals surface area (Å²) in [5.74, 6) is -1.59. The summed E-state index contributed by atoms with van der Waals surface area (Å²) in [4.78, 5) is 36.8. The van der Waals surface area contributed by atoms with Crippen LogP contribution in [0.3, 0.4) is 0 Å². The zero-order valence-corrected chi connectivity index (χ0v) is 16.7. The molecule has 0 radical (unpaired) electrons. The Hall–Kier alpha value is -1.93. The quantitative estimate of drug-likeness (QED) is 0.295. The van der Waals surface area contributed by atoms with Gasteiger partial charge in [0, 0.05) is 14.2 Å². The third-order valence-corrected chi connectivity index (χ3v) is 4.18. The van der Waals surface area contributed by atoms with Gasteiger partial charge in [0.05, 0.1) is 12.0 Å². The Morgan fingerprint density at radius 1 is 1.04 bits per heavy atom. The second kappa shape index (κ2) is 12.4. The number of carbonyl (C=O) groups excluding carboxylic acids is 3. The van der Waals surface area contributed by atoms with Crippen LogP contribution in [0.5, 0.6) is 0 Å². The van der Waals surface area contributed by atoms with E-state index in [0.717, 1.165) is 6.42 Å². The van der Waals surface area contributed by atoms with Crippen LogP contribution in [-0.2, 0) is 19.1 Å². The molecule has 0 heterocycles. The van der Waals surface area contributed by atoms with Gasteiger partial charge in [0.25, 0.3) is 5.91 Å². The molecule has 0 bridgehead atoms. The summed E-state index contributed by atoms with van der Waals surface area (Å²) in [6.07, 6.45) is 2.93. The van der Waals surface area contributed by atoms with E-state index in [4.69, 9.17) is 4.74 Å². The van der Waals surface area contributed by atoms with Crippen LogP contribution in [0.15, 0.2) is 12.7 Å². The first-order valence-corrected chi connectivity index (χ1v) is 8.90. The predicted molar refractivity (Wildman–Crippen MR) is 101 cm³/mol. The highest BCUT2D eigenvalue weighted by Gasteiger charge is 2.30. The van der Waals surface area contributed by atoms with Gasteiger partial charge < -0.3 is 15.4 Å². The van der Waals surface area contributed by atoms with Gasteiger partial charge >= 0.3 is 0 Å². The van der Waals surface area contributed by atoms with E-state index in [1.165, 1.54) is 0 Å². The molecule has 0 aromatic carbocycles. The second-order valence-corrected chi connectivity index (χ2v) is 6.63. The van der Waals surface area contributed by atoms with E-state index in [9.17, 15) is 14.4 Å². The average Bonchev–Trinajstić information content (AvgIpc) is 2.59. The third-order valence-electron chi connectivity index (χ3n) is 4.18. The van der Waals surface area contributed by atoms with Crippen molar-refractivity contribution in [1.29, 1.82) is 0 Å². The molecular formula is C18H34N4O4. The molecule has 0 saturated heterocycles. The van der Waals surface area contributed by atoms with E-state index in [0.29, 0.717) is 6.42 Å². The molecule has 150 valence electrons. The minimum absolute atomic E-state index is 0.139. The minimum atomic E-state index is -0.744. The molecule has 4 atom stereocenters. The first-order valence-electron chi connectivity index (χ1n) is 8.90. The molecule has 26 heavy (non-hydrogen) atoms. The maximum absolute atomic E-state index is 12.6. The molecule has 0 aliphatic carbocycles. The summed E-state index contributed by atoms with van der Waals surface area (Å²) in [6.45, 7) is 10.7. The SMILES string of the molecule is C=CCC[C@@H](OC)[C@@H](C)C(=O)N[C@H](C(=O)N[C@@H](C)C(=O)NNC)C(C)C. The van der Waals surface area contributed by atoms with Crippen molar-refractivity contribution in [2.45, 2.75) is 58.7 Å². The third kappa shape index (κ3) is 7.97. The van der Waals surface area contributed by atoms with Gasteiger partial charge in [0.2, 0.25) is 11.8 Å². The number of hydrazine groups is 1. The van der Waals surface area contributed by atoms with Gasteiger partial charge in [-0.25, -0.2) is 5.43 Å². The fourth-order valence-electron chi connectivity index (χ4n) is 2.44. The lowest BCUT2D eigenvalue weighted by molar-refractivity contribution is -0.135. The first kappa shape index (κ1) is 24.1. The zero-order chi connectivity index (χ0) is 20.3. The van der Waals surface area contributed by atoms with Crippen LogP contribution in [0.1, 0.15) is 40.5 Å². The summed E-state index contributed by atoms with van der Waals surface area (Å²) in [5, 5.41) is 5.40. The minimum Gasteiger partial charge on any atom is -0.381 e. The number of nitrogens with one attached hydrogen (secondary N) is 4. The van der Waals surface area contributed by atoms with Crippen molar-refractivity contribution in [2.24, 2.45) is 11.8 Å². The Bertz CT molecular complexity index is 482. The Labute approximate surface area is 156 Å². The molecule has 0 aromatic heterocycles. The summed E-state index contributed by atoms with van der Waals surface area (Å²) >= 11 is 0. The van der Waals surface area contributed by atoms with Crippen molar-refractivity contribution in [3.05, 3.63) is 12.7 Å². The molecule has 8 nitrogen and oxygen atoms in total. The first-order chi connectivity index (χ1) is 12.2. The molecule has 0 aromatic rings. The Kier molecular flexibility index (Phi) is 11.5. The summed E-state index contributed by atoms with van der Waals surface area (Å²) < 4.78 is 5.39. The normalized spacial score (nSPS) is 15.5. The van der Waals surface area contributed by atoms with Gasteiger partial charge in [0.15, 0.2) is 0 Å². The second-order valence-electron chi connectivity index (χ2n) is 6.63. The lowest BCUT2D eigenvalue weighted by atomic mass is 9.97. The number of amides is 3. The largest absolute Gasteiger partial charge is 0.381 e. The molecule has 0 unspecified atom stereocenters. The van der Waals surface area contributed by atoms with E-state index < -0.39 is 23.9 Å². The van der Waals surface area contributed by atoms with Crippen molar-refractivity contribution in [1.82, 2.24) is 21.5 Å². The molecule has 0 aliphatic rings. The smallest absolute Gasteiger partial charge is 0.256 e. The maximum Gasteiger partial charge on any atom is 0.256 e. The van der Waals surface area contributed by atoms with Crippen molar-refractivity contribution >= 4 is 17.7 Å². The van der Waals surface area contributed by atoms with Gasteiger partial charge in [-0.05, 0) is 25.7 Å². The van der Waals surface area contributed by atoms with E-state index in [-0.39, 0.29) is 23.8 Å². The number of allylic oxidation sites excluding steroid dienone is 1. The average molecular weight is 370 g/mol. The Morgan fingerprint density at radius 3 is 2.12 bits per heavy atom. The fraction of sp³-hybridized carbons (Fsp3) is 0.722. The number of rotatable bonds is 12. The van der Waals surface area contributed by atoms with Crippen LogP contribution in [0.25, 0.3) is 0 Å². The van der Waals surface area contributed by atoms with E-state index in [1.54, 1.807) is 34.1 Å². The lowest BCUT2D eigenvalue weighted by Gasteiger charge is -2.27. The maximum atomic E-state index is 12.6. The molecule has 8 heteroatoms. The predicted octanol–water partition coefficient (Wildman–Crippen LogP) is 0.500. The monoisotopic (exact) mass is 370 g/mol. The number of hydrogen-bond donors (Lipinski definition) is 4. The number of carbonyl (C=O) groups is 3. The van der Waals surface area contributed by atoms with Crippen molar-refractivity contribution in [2.75, 3.05) is 14.2 Å². The number of hydrogen-bond acceptors (Lipinski definition) is 5. The van der Waals surface area contributed by atoms with Crippen LogP contribution in [0.4, 0.5) is 0 Å². The van der Waals surface area contributed by atoms with Gasteiger partial charge in [-0.2, -0.15) is 0 Å². The van der Waals surface area contributed by atoms with E-state index in [2.05, 4.69) is 28.1 Å². The Balaban J connectivity index is 4.93. The Morgan fingerprint density at radius 2 is 1.65 bits per heavy atom. The summed E-state index contributed by atoms with van der Waals surface area (Å²) in [7, 11) is 3.12. The highest BCUT2D eigenvalue weighted by atomic mass is 16.5. The highest BCUT2D eigenvalue weighted by molar-refractivity contribution is 5.92. The van der Waals surface area contributed by atoms with Gasteiger partial charge in [0.1, 0.15) is 12.1 Å². The topological polar surface area (TPSA) is 109 Å².